The molecule has 0 aromatic rings. The largest absolute Gasteiger partial charge is 0.417 e. The maximum absolute atomic E-state index is 12.8. The van der Waals surface area contributed by atoms with Crippen molar-refractivity contribution in [3.05, 3.63) is 0 Å². The van der Waals surface area contributed by atoms with Crippen LogP contribution in [0.1, 0.15) is 41.5 Å². The van der Waals surface area contributed by atoms with Crippen molar-refractivity contribution < 1.29 is 17.9 Å². The van der Waals surface area contributed by atoms with Crippen molar-refractivity contribution >= 4 is 0 Å². The predicted molar refractivity (Wildman–Crippen MR) is 50.1 cm³/mol. The molecule has 0 aromatic heterocycles. The monoisotopic (exact) mass is 212 g/mol. The summed E-state index contributed by atoms with van der Waals surface area (Å²) in [6, 6.07) is 0. The Morgan fingerprint density at radius 2 is 1.29 bits per heavy atom. The standard InChI is InChI=1S/C10H19F3O/c1-7(2)14-9(6,8(3,4)5)10(11,12)13/h7H,1-6H3. The van der Waals surface area contributed by atoms with Crippen LogP contribution in [-0.4, -0.2) is 17.9 Å². The number of halogens is 3. The molecule has 0 aliphatic heterocycles. The van der Waals surface area contributed by atoms with Gasteiger partial charge in [-0.2, -0.15) is 13.2 Å². The SMILES string of the molecule is CC(C)OC(C)(C(C)(C)C)C(F)(F)F. The van der Waals surface area contributed by atoms with E-state index in [2.05, 4.69) is 0 Å². The van der Waals surface area contributed by atoms with Gasteiger partial charge in [0, 0.05) is 0 Å². The Balaban J connectivity index is 5.07. The van der Waals surface area contributed by atoms with Crippen LogP contribution in [0, 0.1) is 5.41 Å². The second kappa shape index (κ2) is 3.72. The fraction of sp³-hybridized carbons (Fsp3) is 1.00. The average Bonchev–Trinajstić information content (AvgIpc) is 1.79. The van der Waals surface area contributed by atoms with Crippen molar-refractivity contribution in [1.29, 1.82) is 0 Å². The Labute approximate surface area is 83.6 Å². The lowest BCUT2D eigenvalue weighted by Crippen LogP contribution is -2.55. The first-order valence-corrected chi connectivity index (χ1v) is 4.66. The highest BCUT2D eigenvalue weighted by molar-refractivity contribution is 4.95. The summed E-state index contributed by atoms with van der Waals surface area (Å²) in [6.07, 6.45) is -4.80. The zero-order valence-electron chi connectivity index (χ0n) is 9.62. The Kier molecular flexibility index (Phi) is 3.65. The van der Waals surface area contributed by atoms with E-state index in [1.165, 1.54) is 20.8 Å². The van der Waals surface area contributed by atoms with Gasteiger partial charge in [0.15, 0.2) is 5.60 Å². The highest BCUT2D eigenvalue weighted by Gasteiger charge is 2.59. The molecule has 4 heteroatoms. The Hall–Kier alpha value is -0.250. The summed E-state index contributed by atoms with van der Waals surface area (Å²) >= 11 is 0. The van der Waals surface area contributed by atoms with Crippen molar-refractivity contribution in [3.63, 3.8) is 0 Å². The van der Waals surface area contributed by atoms with Gasteiger partial charge >= 0.3 is 6.18 Å². The molecule has 1 nitrogen and oxygen atoms in total. The molecule has 0 aliphatic carbocycles. The molecule has 0 N–H and O–H groups in total. The lowest BCUT2D eigenvalue weighted by atomic mass is 9.77. The molecular weight excluding hydrogens is 193 g/mol. The summed E-state index contributed by atoms with van der Waals surface area (Å²) in [4.78, 5) is 0. The van der Waals surface area contributed by atoms with Crippen molar-refractivity contribution in [2.24, 2.45) is 5.41 Å². The van der Waals surface area contributed by atoms with E-state index in [0.29, 0.717) is 0 Å². The fourth-order valence-electron chi connectivity index (χ4n) is 1.14. The zero-order valence-corrected chi connectivity index (χ0v) is 9.62. The van der Waals surface area contributed by atoms with Crippen LogP contribution in [0.15, 0.2) is 0 Å². The lowest BCUT2D eigenvalue weighted by molar-refractivity contribution is -0.313. The van der Waals surface area contributed by atoms with E-state index < -0.39 is 23.3 Å². The third-order valence-corrected chi connectivity index (χ3v) is 2.44. The molecule has 0 amide bonds. The Morgan fingerprint density at radius 3 is 1.36 bits per heavy atom. The summed E-state index contributed by atoms with van der Waals surface area (Å²) < 4.78 is 43.5. The molecule has 0 bridgehead atoms. The van der Waals surface area contributed by atoms with Crippen LogP contribution in [0.2, 0.25) is 0 Å². The van der Waals surface area contributed by atoms with Gasteiger partial charge < -0.3 is 4.74 Å². The maximum atomic E-state index is 12.8. The van der Waals surface area contributed by atoms with Gasteiger partial charge in [0.1, 0.15) is 0 Å². The minimum atomic E-state index is -4.35. The molecule has 0 fully saturated rings. The van der Waals surface area contributed by atoms with E-state index in [-0.39, 0.29) is 0 Å². The highest BCUT2D eigenvalue weighted by Crippen LogP contribution is 2.46. The van der Waals surface area contributed by atoms with Crippen molar-refractivity contribution in [3.8, 4) is 0 Å². The zero-order chi connectivity index (χ0) is 11.8. The lowest BCUT2D eigenvalue weighted by Gasteiger charge is -2.43. The van der Waals surface area contributed by atoms with Gasteiger partial charge in [-0.25, -0.2) is 0 Å². The second-order valence-electron chi connectivity index (χ2n) is 4.95. The summed E-state index contributed by atoms with van der Waals surface area (Å²) in [5.74, 6) is 0. The minimum Gasteiger partial charge on any atom is -0.363 e. The number of alkyl halides is 3. The van der Waals surface area contributed by atoms with Crippen molar-refractivity contribution in [2.45, 2.75) is 59.4 Å². The summed E-state index contributed by atoms with van der Waals surface area (Å²) in [5, 5.41) is 0. The van der Waals surface area contributed by atoms with Crippen LogP contribution in [0.25, 0.3) is 0 Å². The maximum Gasteiger partial charge on any atom is 0.417 e. The second-order valence-corrected chi connectivity index (χ2v) is 4.95. The van der Waals surface area contributed by atoms with Gasteiger partial charge in [-0.05, 0) is 26.2 Å². The van der Waals surface area contributed by atoms with Crippen molar-refractivity contribution in [2.75, 3.05) is 0 Å². The van der Waals surface area contributed by atoms with Gasteiger partial charge in [-0.1, -0.05) is 20.8 Å². The van der Waals surface area contributed by atoms with Gasteiger partial charge in [0.2, 0.25) is 0 Å². The van der Waals surface area contributed by atoms with E-state index in [9.17, 15) is 13.2 Å². The Bertz CT molecular complexity index is 175. The molecule has 0 heterocycles. The van der Waals surface area contributed by atoms with E-state index >= 15 is 0 Å². The van der Waals surface area contributed by atoms with Crippen LogP contribution in [0.5, 0.6) is 0 Å². The molecule has 0 radical (unpaired) electrons. The quantitative estimate of drug-likeness (QED) is 0.676. The average molecular weight is 212 g/mol. The number of rotatable bonds is 2. The van der Waals surface area contributed by atoms with Crippen LogP contribution in [0.3, 0.4) is 0 Å². The number of hydrogen-bond donors (Lipinski definition) is 0. The highest BCUT2D eigenvalue weighted by atomic mass is 19.4. The number of hydrogen-bond acceptors (Lipinski definition) is 1. The first-order chi connectivity index (χ1) is 5.92. The van der Waals surface area contributed by atoms with Crippen LogP contribution >= 0.6 is 0 Å². The Morgan fingerprint density at radius 1 is 0.929 bits per heavy atom. The molecule has 1 unspecified atom stereocenters. The molecule has 0 saturated carbocycles. The molecule has 1 atom stereocenters. The molecule has 0 spiro atoms. The van der Waals surface area contributed by atoms with Crippen LogP contribution in [-0.2, 0) is 4.74 Å². The summed E-state index contributed by atoms with van der Waals surface area (Å²) in [6.45, 7) is 8.91. The number of ether oxygens (including phenoxy) is 1. The van der Waals surface area contributed by atoms with E-state index in [0.717, 1.165) is 6.92 Å². The molecule has 0 saturated heterocycles. The van der Waals surface area contributed by atoms with Crippen LogP contribution < -0.4 is 0 Å². The van der Waals surface area contributed by atoms with Gasteiger partial charge in [0.05, 0.1) is 6.10 Å². The van der Waals surface area contributed by atoms with E-state index in [1.54, 1.807) is 13.8 Å². The van der Waals surface area contributed by atoms with E-state index in [4.69, 9.17) is 4.74 Å². The third-order valence-electron chi connectivity index (χ3n) is 2.44. The molecule has 0 aromatic carbocycles. The fourth-order valence-corrected chi connectivity index (χ4v) is 1.14. The van der Waals surface area contributed by atoms with Crippen LogP contribution in [0.4, 0.5) is 13.2 Å². The molecular formula is C10H19F3O. The predicted octanol–water partition coefficient (Wildman–Crippen LogP) is 3.78. The first-order valence-electron chi connectivity index (χ1n) is 4.66. The van der Waals surface area contributed by atoms with Crippen molar-refractivity contribution in [1.82, 2.24) is 0 Å². The smallest absolute Gasteiger partial charge is 0.363 e. The summed E-state index contributed by atoms with van der Waals surface area (Å²) in [5.41, 5.74) is -3.08. The topological polar surface area (TPSA) is 9.23 Å². The van der Waals surface area contributed by atoms with E-state index in [1.807, 2.05) is 0 Å². The third kappa shape index (κ3) is 2.62. The molecule has 0 aliphatic rings. The minimum absolute atomic E-state index is 0.444. The van der Waals surface area contributed by atoms with Gasteiger partial charge in [0.25, 0.3) is 0 Å². The summed E-state index contributed by atoms with van der Waals surface area (Å²) in [7, 11) is 0. The first kappa shape index (κ1) is 13.8. The molecule has 14 heavy (non-hydrogen) atoms. The molecule has 86 valence electrons. The molecule has 0 rings (SSSR count). The van der Waals surface area contributed by atoms with Gasteiger partial charge in [-0.3, -0.25) is 0 Å². The van der Waals surface area contributed by atoms with Gasteiger partial charge in [-0.15, -0.1) is 0 Å². The normalized spacial score (nSPS) is 18.4.